The van der Waals surface area contributed by atoms with E-state index in [1.165, 1.54) is 0 Å². The van der Waals surface area contributed by atoms with Crippen LogP contribution in [0.25, 0.3) is 0 Å². The summed E-state index contributed by atoms with van der Waals surface area (Å²) < 4.78 is 0. The summed E-state index contributed by atoms with van der Waals surface area (Å²) >= 11 is 6.21. The van der Waals surface area contributed by atoms with E-state index in [0.717, 1.165) is 23.8 Å². The molecule has 0 spiro atoms. The first-order valence-electron chi connectivity index (χ1n) is 7.22. The van der Waals surface area contributed by atoms with Crippen LogP contribution in [0, 0.1) is 16.7 Å². The van der Waals surface area contributed by atoms with Crippen molar-refractivity contribution in [3.8, 4) is 6.07 Å². The predicted octanol–water partition coefficient (Wildman–Crippen LogP) is 2.93. The number of para-hydroxylation sites is 1. The Kier molecular flexibility index (Phi) is 4.74. The average molecular weight is 306 g/mol. The first-order valence-corrected chi connectivity index (χ1v) is 7.59. The number of hydrogen-bond acceptors (Lipinski definition) is 3. The van der Waals surface area contributed by atoms with Crippen molar-refractivity contribution in [3.63, 3.8) is 0 Å². The summed E-state index contributed by atoms with van der Waals surface area (Å²) in [4.78, 5) is 16.4. The van der Waals surface area contributed by atoms with E-state index in [-0.39, 0.29) is 5.91 Å². The number of carbonyl (C=O) groups excluding carboxylic acids is 1. The molecule has 0 N–H and O–H groups in total. The standard InChI is InChI=1S/C16H20ClN3O/c1-3-16(2,12-18)15(21)20-10-8-19(9-11-20)14-7-5-4-6-13(14)17/h4-7H,3,8-11H2,1-2H3. The molecule has 4 nitrogen and oxygen atoms in total. The summed E-state index contributed by atoms with van der Waals surface area (Å²) in [5.74, 6) is -0.0636. The molecule has 1 aromatic carbocycles. The summed E-state index contributed by atoms with van der Waals surface area (Å²) in [6.45, 7) is 6.32. The second-order valence-corrected chi connectivity index (χ2v) is 5.94. The highest BCUT2D eigenvalue weighted by atomic mass is 35.5. The molecule has 1 heterocycles. The molecule has 1 saturated heterocycles. The van der Waals surface area contributed by atoms with Crippen molar-refractivity contribution >= 4 is 23.2 Å². The number of piperazine rings is 1. The lowest BCUT2D eigenvalue weighted by Gasteiger charge is -2.38. The summed E-state index contributed by atoms with van der Waals surface area (Å²) in [5, 5.41) is 9.96. The van der Waals surface area contributed by atoms with Gasteiger partial charge in [-0.15, -0.1) is 0 Å². The Balaban J connectivity index is 2.03. The van der Waals surface area contributed by atoms with Crippen LogP contribution in [0.15, 0.2) is 24.3 Å². The zero-order valence-electron chi connectivity index (χ0n) is 12.5. The number of rotatable bonds is 3. The van der Waals surface area contributed by atoms with Crippen LogP contribution in [0.2, 0.25) is 5.02 Å². The zero-order chi connectivity index (χ0) is 15.5. The lowest BCUT2D eigenvalue weighted by atomic mass is 9.87. The normalized spacial score (nSPS) is 18.0. The molecule has 2 rings (SSSR count). The molecule has 0 saturated carbocycles. The van der Waals surface area contributed by atoms with Crippen molar-refractivity contribution in [3.05, 3.63) is 29.3 Å². The number of nitriles is 1. The molecular weight excluding hydrogens is 286 g/mol. The molecule has 0 aliphatic carbocycles. The Morgan fingerprint density at radius 1 is 1.33 bits per heavy atom. The van der Waals surface area contributed by atoms with Crippen LogP contribution in [-0.4, -0.2) is 37.0 Å². The van der Waals surface area contributed by atoms with E-state index in [9.17, 15) is 10.1 Å². The summed E-state index contributed by atoms with van der Waals surface area (Å²) in [7, 11) is 0. The fraction of sp³-hybridized carbons (Fsp3) is 0.500. The van der Waals surface area contributed by atoms with Gasteiger partial charge in [-0.05, 0) is 25.5 Å². The number of benzene rings is 1. The van der Waals surface area contributed by atoms with Crippen LogP contribution in [-0.2, 0) is 4.79 Å². The van der Waals surface area contributed by atoms with Gasteiger partial charge in [0, 0.05) is 26.2 Å². The van der Waals surface area contributed by atoms with Crippen molar-refractivity contribution in [2.24, 2.45) is 5.41 Å². The quantitative estimate of drug-likeness (QED) is 0.862. The molecule has 1 atom stereocenters. The third kappa shape index (κ3) is 3.14. The molecule has 1 aromatic rings. The van der Waals surface area contributed by atoms with E-state index in [2.05, 4.69) is 11.0 Å². The van der Waals surface area contributed by atoms with Gasteiger partial charge < -0.3 is 9.80 Å². The molecule has 112 valence electrons. The highest BCUT2D eigenvalue weighted by Crippen LogP contribution is 2.28. The number of nitrogens with zero attached hydrogens (tertiary/aromatic N) is 3. The van der Waals surface area contributed by atoms with Gasteiger partial charge >= 0.3 is 0 Å². The van der Waals surface area contributed by atoms with Crippen molar-refractivity contribution in [1.29, 1.82) is 5.26 Å². The minimum Gasteiger partial charge on any atom is -0.367 e. The Bertz CT molecular complexity index is 561. The van der Waals surface area contributed by atoms with Gasteiger partial charge in [0.25, 0.3) is 0 Å². The van der Waals surface area contributed by atoms with Crippen LogP contribution in [0.3, 0.4) is 0 Å². The van der Waals surface area contributed by atoms with Crippen molar-refractivity contribution in [2.45, 2.75) is 20.3 Å². The first kappa shape index (κ1) is 15.7. The highest BCUT2D eigenvalue weighted by molar-refractivity contribution is 6.33. The van der Waals surface area contributed by atoms with Gasteiger partial charge in [0.05, 0.1) is 16.8 Å². The maximum atomic E-state index is 12.5. The van der Waals surface area contributed by atoms with E-state index in [1.54, 1.807) is 11.8 Å². The lowest BCUT2D eigenvalue weighted by molar-refractivity contribution is -0.138. The SMILES string of the molecule is CCC(C)(C#N)C(=O)N1CCN(c2ccccc2Cl)CC1. The molecule has 21 heavy (non-hydrogen) atoms. The Labute approximate surface area is 130 Å². The van der Waals surface area contributed by atoms with E-state index in [1.807, 2.05) is 31.2 Å². The summed E-state index contributed by atoms with van der Waals surface area (Å²) in [5.41, 5.74) is 0.0943. The second kappa shape index (κ2) is 6.36. The first-order chi connectivity index (χ1) is 10.0. The van der Waals surface area contributed by atoms with Gasteiger partial charge in [0.15, 0.2) is 0 Å². The van der Waals surface area contributed by atoms with E-state index in [4.69, 9.17) is 11.6 Å². The molecule has 0 radical (unpaired) electrons. The Morgan fingerprint density at radius 3 is 2.48 bits per heavy atom. The largest absolute Gasteiger partial charge is 0.367 e. The molecule has 1 fully saturated rings. The third-order valence-corrected chi connectivity index (χ3v) is 4.51. The van der Waals surface area contributed by atoms with Crippen molar-refractivity contribution in [2.75, 3.05) is 31.1 Å². The third-order valence-electron chi connectivity index (χ3n) is 4.19. The molecule has 5 heteroatoms. The van der Waals surface area contributed by atoms with E-state index in [0.29, 0.717) is 19.5 Å². The van der Waals surface area contributed by atoms with E-state index >= 15 is 0 Å². The van der Waals surface area contributed by atoms with Gasteiger partial charge in [-0.25, -0.2) is 0 Å². The van der Waals surface area contributed by atoms with Crippen LogP contribution in [0.1, 0.15) is 20.3 Å². The van der Waals surface area contributed by atoms with Crippen molar-refractivity contribution < 1.29 is 4.79 Å². The molecule has 0 bridgehead atoms. The number of halogens is 1. The van der Waals surface area contributed by atoms with Crippen LogP contribution >= 0.6 is 11.6 Å². The summed E-state index contributed by atoms with van der Waals surface area (Å²) in [6, 6.07) is 9.88. The van der Waals surface area contributed by atoms with Crippen LogP contribution in [0.5, 0.6) is 0 Å². The number of anilines is 1. The molecule has 1 aliphatic rings. The maximum Gasteiger partial charge on any atom is 0.242 e. The molecule has 1 aliphatic heterocycles. The lowest BCUT2D eigenvalue weighted by Crippen LogP contribution is -2.52. The molecule has 0 aromatic heterocycles. The maximum absolute atomic E-state index is 12.5. The van der Waals surface area contributed by atoms with Crippen LogP contribution in [0.4, 0.5) is 5.69 Å². The fourth-order valence-electron chi connectivity index (χ4n) is 2.49. The number of hydrogen-bond donors (Lipinski definition) is 0. The average Bonchev–Trinajstić information content (AvgIpc) is 2.54. The van der Waals surface area contributed by atoms with E-state index < -0.39 is 5.41 Å². The van der Waals surface area contributed by atoms with Gasteiger partial charge in [0.1, 0.15) is 5.41 Å². The molecule has 1 amide bonds. The highest BCUT2D eigenvalue weighted by Gasteiger charge is 2.36. The molecule has 1 unspecified atom stereocenters. The minimum absolute atomic E-state index is 0.0636. The van der Waals surface area contributed by atoms with Gasteiger partial charge in [-0.3, -0.25) is 4.79 Å². The van der Waals surface area contributed by atoms with Crippen LogP contribution < -0.4 is 4.90 Å². The smallest absolute Gasteiger partial charge is 0.242 e. The monoisotopic (exact) mass is 305 g/mol. The topological polar surface area (TPSA) is 47.3 Å². The zero-order valence-corrected chi connectivity index (χ0v) is 13.2. The number of carbonyl (C=O) groups is 1. The Hall–Kier alpha value is -1.73. The number of amides is 1. The predicted molar refractivity (Wildman–Crippen MR) is 84.3 cm³/mol. The molecular formula is C16H20ClN3O. The Morgan fingerprint density at radius 2 is 1.95 bits per heavy atom. The van der Waals surface area contributed by atoms with Gasteiger partial charge in [0.2, 0.25) is 5.91 Å². The summed E-state index contributed by atoms with van der Waals surface area (Å²) in [6.07, 6.45) is 0.535. The fourth-order valence-corrected chi connectivity index (χ4v) is 2.74. The minimum atomic E-state index is -0.910. The van der Waals surface area contributed by atoms with Crippen molar-refractivity contribution in [1.82, 2.24) is 4.90 Å². The second-order valence-electron chi connectivity index (χ2n) is 5.53. The van der Waals surface area contributed by atoms with Gasteiger partial charge in [-0.2, -0.15) is 5.26 Å². The van der Waals surface area contributed by atoms with Gasteiger partial charge in [-0.1, -0.05) is 30.7 Å².